The quantitative estimate of drug-likeness (QED) is 0.746. The fraction of sp³-hybridized carbons (Fsp3) is 0.222. The van der Waals surface area contributed by atoms with Gasteiger partial charge in [-0.2, -0.15) is 0 Å². The number of phenolic OH excluding ortho intramolecular Hbond substituents is 1. The predicted molar refractivity (Wildman–Crippen MR) is 97.6 cm³/mol. The van der Waals surface area contributed by atoms with Crippen LogP contribution in [0.1, 0.15) is 18.1 Å². The van der Waals surface area contributed by atoms with E-state index in [0.717, 1.165) is 16.6 Å². The second-order valence-electron chi connectivity index (χ2n) is 5.59. The monoisotopic (exact) mass is 341 g/mol. The van der Waals surface area contributed by atoms with Crippen molar-refractivity contribution in [2.75, 3.05) is 12.4 Å². The largest absolute Gasteiger partial charge is 0.508 e. The van der Waals surface area contributed by atoms with Crippen molar-refractivity contribution in [3.63, 3.8) is 0 Å². The summed E-state index contributed by atoms with van der Waals surface area (Å²) in [4.78, 5) is 18.3. The second-order valence-corrected chi connectivity index (χ2v) is 6.62. The summed E-state index contributed by atoms with van der Waals surface area (Å²) in [5.74, 6) is 0.184. The highest BCUT2D eigenvalue weighted by molar-refractivity contribution is 7.22. The van der Waals surface area contributed by atoms with Gasteiger partial charge in [0.05, 0.1) is 16.8 Å². The molecular formula is C18H19N3O2S. The standard InChI is InChI=1S/C18H19N3O2S/c1-3-12-8-9-14-16(10-12)24-17(19-14)20-18(23)21(2)11-13-6-4-5-7-15(13)22/h4-10,22H,3,11H2,1-2H3,(H,19,20,23). The summed E-state index contributed by atoms with van der Waals surface area (Å²) in [6.07, 6.45) is 0.971. The van der Waals surface area contributed by atoms with Gasteiger partial charge in [0.25, 0.3) is 0 Å². The van der Waals surface area contributed by atoms with E-state index in [1.807, 2.05) is 12.1 Å². The van der Waals surface area contributed by atoms with E-state index in [0.29, 0.717) is 17.2 Å². The summed E-state index contributed by atoms with van der Waals surface area (Å²) in [5, 5.41) is 13.2. The van der Waals surface area contributed by atoms with Crippen molar-refractivity contribution in [2.45, 2.75) is 19.9 Å². The minimum atomic E-state index is -0.256. The van der Waals surface area contributed by atoms with Crippen LogP contribution >= 0.6 is 11.3 Å². The first kappa shape index (κ1) is 16.3. The zero-order valence-electron chi connectivity index (χ0n) is 13.6. The van der Waals surface area contributed by atoms with E-state index in [1.165, 1.54) is 21.8 Å². The minimum Gasteiger partial charge on any atom is -0.508 e. The molecule has 2 aromatic carbocycles. The van der Waals surface area contributed by atoms with Crippen molar-refractivity contribution in [1.82, 2.24) is 9.88 Å². The van der Waals surface area contributed by atoms with Crippen LogP contribution < -0.4 is 5.32 Å². The maximum atomic E-state index is 12.3. The van der Waals surface area contributed by atoms with Crippen LogP contribution in [0.25, 0.3) is 10.2 Å². The van der Waals surface area contributed by atoms with Crippen LogP contribution in [0.2, 0.25) is 0 Å². The summed E-state index contributed by atoms with van der Waals surface area (Å²) >= 11 is 1.46. The molecule has 24 heavy (non-hydrogen) atoms. The summed E-state index contributed by atoms with van der Waals surface area (Å²) in [6, 6.07) is 12.9. The molecule has 2 N–H and O–H groups in total. The Kier molecular flexibility index (Phi) is 4.66. The van der Waals surface area contributed by atoms with Gasteiger partial charge >= 0.3 is 6.03 Å². The first-order valence-electron chi connectivity index (χ1n) is 7.75. The molecule has 0 spiro atoms. The number of aromatic hydroxyl groups is 1. The number of nitrogens with zero attached hydrogens (tertiary/aromatic N) is 2. The predicted octanol–water partition coefficient (Wildman–Crippen LogP) is 4.23. The van der Waals surface area contributed by atoms with Crippen LogP contribution in [-0.2, 0) is 13.0 Å². The van der Waals surface area contributed by atoms with Gasteiger partial charge in [-0.1, -0.05) is 42.5 Å². The average Bonchev–Trinajstić information content (AvgIpc) is 2.97. The molecule has 0 fully saturated rings. The van der Waals surface area contributed by atoms with Crippen molar-refractivity contribution >= 4 is 32.7 Å². The molecule has 124 valence electrons. The Morgan fingerprint density at radius 3 is 2.83 bits per heavy atom. The van der Waals surface area contributed by atoms with Crippen molar-refractivity contribution < 1.29 is 9.90 Å². The van der Waals surface area contributed by atoms with Crippen molar-refractivity contribution in [3.8, 4) is 5.75 Å². The maximum Gasteiger partial charge on any atom is 0.323 e. The molecule has 0 radical (unpaired) electrons. The zero-order chi connectivity index (χ0) is 17.1. The molecule has 3 rings (SSSR count). The Balaban J connectivity index is 1.71. The number of carbonyl (C=O) groups excluding carboxylic acids is 1. The fourth-order valence-corrected chi connectivity index (χ4v) is 3.32. The van der Waals surface area contributed by atoms with Gasteiger partial charge in [0.1, 0.15) is 5.75 Å². The number of carbonyl (C=O) groups is 1. The third-order valence-corrected chi connectivity index (χ3v) is 4.75. The lowest BCUT2D eigenvalue weighted by molar-refractivity contribution is 0.220. The molecule has 6 heteroatoms. The van der Waals surface area contributed by atoms with E-state index in [-0.39, 0.29) is 11.8 Å². The Labute approximate surface area is 144 Å². The van der Waals surface area contributed by atoms with Crippen LogP contribution in [0, 0.1) is 0 Å². The van der Waals surface area contributed by atoms with E-state index in [9.17, 15) is 9.90 Å². The second kappa shape index (κ2) is 6.88. The van der Waals surface area contributed by atoms with Crippen molar-refractivity contribution in [1.29, 1.82) is 0 Å². The molecule has 0 bridgehead atoms. The van der Waals surface area contributed by atoms with E-state index >= 15 is 0 Å². The Morgan fingerprint density at radius 2 is 2.08 bits per heavy atom. The number of nitrogens with one attached hydrogen (secondary N) is 1. The molecule has 0 atom stereocenters. The number of thiazole rings is 1. The lowest BCUT2D eigenvalue weighted by Gasteiger charge is -2.17. The van der Waals surface area contributed by atoms with Gasteiger partial charge in [0.2, 0.25) is 0 Å². The van der Waals surface area contributed by atoms with E-state index in [4.69, 9.17) is 0 Å². The topological polar surface area (TPSA) is 65.5 Å². The number of aryl methyl sites for hydroxylation is 1. The normalized spacial score (nSPS) is 10.8. The summed E-state index contributed by atoms with van der Waals surface area (Å²) in [5.41, 5.74) is 2.84. The number of fused-ring (bicyclic) bond motifs is 1. The van der Waals surface area contributed by atoms with Gasteiger partial charge in [0.15, 0.2) is 5.13 Å². The number of rotatable bonds is 4. The van der Waals surface area contributed by atoms with Gasteiger partial charge in [0, 0.05) is 12.6 Å². The van der Waals surface area contributed by atoms with Crippen LogP contribution in [0.4, 0.5) is 9.93 Å². The van der Waals surface area contributed by atoms with Gasteiger partial charge in [-0.3, -0.25) is 5.32 Å². The number of hydrogen-bond acceptors (Lipinski definition) is 4. The van der Waals surface area contributed by atoms with Crippen LogP contribution in [0.15, 0.2) is 42.5 Å². The SMILES string of the molecule is CCc1ccc2nc(NC(=O)N(C)Cc3ccccc3O)sc2c1. The first-order chi connectivity index (χ1) is 11.6. The smallest absolute Gasteiger partial charge is 0.323 e. The highest BCUT2D eigenvalue weighted by Crippen LogP contribution is 2.27. The van der Waals surface area contributed by atoms with Gasteiger partial charge in [-0.25, -0.2) is 9.78 Å². The molecule has 0 aliphatic heterocycles. The highest BCUT2D eigenvalue weighted by Gasteiger charge is 2.13. The van der Waals surface area contributed by atoms with Crippen LogP contribution in [0.5, 0.6) is 5.75 Å². The van der Waals surface area contributed by atoms with Crippen LogP contribution in [-0.4, -0.2) is 28.1 Å². The molecule has 0 saturated heterocycles. The number of hydrogen-bond donors (Lipinski definition) is 2. The van der Waals surface area contributed by atoms with Crippen molar-refractivity contribution in [3.05, 3.63) is 53.6 Å². The zero-order valence-corrected chi connectivity index (χ0v) is 14.4. The number of anilines is 1. The third-order valence-electron chi connectivity index (χ3n) is 3.82. The molecule has 2 amide bonds. The average molecular weight is 341 g/mol. The Bertz CT molecular complexity index is 876. The van der Waals surface area contributed by atoms with E-state index in [2.05, 4.69) is 29.4 Å². The molecule has 1 heterocycles. The summed E-state index contributed by atoms with van der Waals surface area (Å²) < 4.78 is 1.06. The summed E-state index contributed by atoms with van der Waals surface area (Å²) in [7, 11) is 1.68. The Hall–Kier alpha value is -2.60. The maximum absolute atomic E-state index is 12.3. The molecular weight excluding hydrogens is 322 g/mol. The van der Waals surface area contributed by atoms with Crippen molar-refractivity contribution in [2.24, 2.45) is 0 Å². The lowest BCUT2D eigenvalue weighted by Crippen LogP contribution is -2.30. The highest BCUT2D eigenvalue weighted by atomic mass is 32.1. The molecule has 0 saturated carbocycles. The molecule has 0 aliphatic carbocycles. The van der Waals surface area contributed by atoms with Gasteiger partial charge in [-0.15, -0.1) is 0 Å². The number of aromatic nitrogens is 1. The van der Waals surface area contributed by atoms with Crippen LogP contribution in [0.3, 0.4) is 0 Å². The van der Waals surface area contributed by atoms with E-state index in [1.54, 1.807) is 25.2 Å². The lowest BCUT2D eigenvalue weighted by atomic mass is 10.2. The first-order valence-corrected chi connectivity index (χ1v) is 8.57. The number of urea groups is 1. The number of phenols is 1. The number of benzene rings is 2. The Morgan fingerprint density at radius 1 is 1.29 bits per heavy atom. The number of para-hydroxylation sites is 1. The minimum absolute atomic E-state index is 0.184. The fourth-order valence-electron chi connectivity index (χ4n) is 2.40. The molecule has 0 aliphatic rings. The third kappa shape index (κ3) is 3.49. The molecule has 0 unspecified atom stereocenters. The molecule has 5 nitrogen and oxygen atoms in total. The molecule has 1 aromatic heterocycles. The summed E-state index contributed by atoms with van der Waals surface area (Å²) in [6.45, 7) is 2.43. The van der Waals surface area contributed by atoms with Gasteiger partial charge in [-0.05, 0) is 30.2 Å². The van der Waals surface area contributed by atoms with E-state index < -0.39 is 0 Å². The van der Waals surface area contributed by atoms with Gasteiger partial charge < -0.3 is 10.0 Å². The number of amides is 2. The molecule has 3 aromatic rings.